The van der Waals surface area contributed by atoms with Crippen molar-refractivity contribution < 1.29 is 0 Å². The maximum absolute atomic E-state index is 2.75. The second-order valence-electron chi connectivity index (χ2n) is 27.6. The van der Waals surface area contributed by atoms with Crippen molar-refractivity contribution in [3.63, 3.8) is 0 Å². The largest absolute Gasteiger partial charge is 0.311 e. The summed E-state index contributed by atoms with van der Waals surface area (Å²) in [5.74, 6) is 0. The van der Waals surface area contributed by atoms with Crippen molar-refractivity contribution in [2.45, 2.75) is 155 Å². The molecule has 0 saturated carbocycles. The lowest BCUT2D eigenvalue weighted by Crippen LogP contribution is -2.62. The third-order valence-corrected chi connectivity index (χ3v) is 19.3. The number of benzene rings is 8. The first-order valence-corrected chi connectivity index (χ1v) is 28.3. The first-order chi connectivity index (χ1) is 36.0. The fraction of sp³-hybridized carbons (Fsp3) is 0.333. The molecule has 76 heavy (non-hydrogen) atoms. The Morgan fingerprint density at radius 2 is 0.842 bits per heavy atom. The van der Waals surface area contributed by atoms with Gasteiger partial charge in [-0.2, -0.15) is 0 Å². The highest BCUT2D eigenvalue weighted by molar-refractivity contribution is 7.00. The van der Waals surface area contributed by atoms with E-state index in [0.29, 0.717) is 0 Å². The zero-order valence-electron chi connectivity index (χ0n) is 47.8. The summed E-state index contributed by atoms with van der Waals surface area (Å²) in [5.41, 5.74) is 29.4. The summed E-state index contributed by atoms with van der Waals surface area (Å²) in [6.07, 6.45) is 4.54. The molecule has 3 aliphatic carbocycles. The standard InChI is InChI=1S/C72H76BN3/c1-45-36-53-56(71(11,12)43-70(53,9)10)41-61(45)76-62-42-55-54(67(3,4)34-35-68(55,5)6)40-58(62)73-57-37-48(47-24-18-15-19-25-47)30-32-60(57)75(59-33-31-52-65(46(59)2)72(13,14)44-69(52,7)8)63-38-51(39-64(76)66(63)73)74(49-26-20-16-21-27-49)50-28-22-17-23-29-50/h15-33,36-42H,34-35,43-44H2,1-14H3. The molecule has 0 amide bonds. The second kappa shape index (κ2) is 16.4. The maximum atomic E-state index is 2.75. The van der Waals surface area contributed by atoms with E-state index >= 15 is 0 Å². The van der Waals surface area contributed by atoms with Gasteiger partial charge in [-0.15, -0.1) is 0 Å². The molecule has 0 radical (unpaired) electrons. The molecule has 8 aromatic rings. The first-order valence-electron chi connectivity index (χ1n) is 28.3. The lowest BCUT2D eigenvalue weighted by molar-refractivity contribution is 0.332. The number of aryl methyl sites for hydroxylation is 1. The third-order valence-electron chi connectivity index (χ3n) is 19.3. The summed E-state index contributed by atoms with van der Waals surface area (Å²) < 4.78 is 0. The Morgan fingerprint density at radius 1 is 0.368 bits per heavy atom. The summed E-state index contributed by atoms with van der Waals surface area (Å²) in [6, 6.07) is 61.2. The summed E-state index contributed by atoms with van der Waals surface area (Å²) >= 11 is 0. The molecule has 13 rings (SSSR count). The van der Waals surface area contributed by atoms with Crippen molar-refractivity contribution in [1.82, 2.24) is 0 Å². The first kappa shape index (κ1) is 48.8. The average Bonchev–Trinajstić information content (AvgIpc) is 3.84. The van der Waals surface area contributed by atoms with Crippen molar-refractivity contribution in [3.8, 4) is 11.1 Å². The van der Waals surface area contributed by atoms with Crippen LogP contribution in [0.2, 0.25) is 0 Å². The molecule has 8 aromatic carbocycles. The highest BCUT2D eigenvalue weighted by Gasteiger charge is 2.50. The van der Waals surface area contributed by atoms with Gasteiger partial charge in [0, 0.05) is 45.5 Å². The van der Waals surface area contributed by atoms with Crippen LogP contribution in [-0.2, 0) is 32.5 Å². The molecule has 0 aromatic heterocycles. The van der Waals surface area contributed by atoms with Crippen molar-refractivity contribution in [2.75, 3.05) is 14.7 Å². The number of nitrogens with zero attached hydrogens (tertiary/aromatic N) is 3. The van der Waals surface area contributed by atoms with Gasteiger partial charge >= 0.3 is 0 Å². The van der Waals surface area contributed by atoms with E-state index in [-0.39, 0.29) is 39.2 Å². The highest BCUT2D eigenvalue weighted by Crippen LogP contribution is 2.58. The van der Waals surface area contributed by atoms with E-state index in [1.54, 1.807) is 0 Å². The monoisotopic (exact) mass is 994 g/mol. The zero-order chi connectivity index (χ0) is 53.2. The molecule has 0 fully saturated rings. The number of hydrogen-bond acceptors (Lipinski definition) is 3. The van der Waals surface area contributed by atoms with Crippen LogP contribution in [-0.4, -0.2) is 6.71 Å². The van der Waals surface area contributed by atoms with Gasteiger partial charge in [-0.1, -0.05) is 180 Å². The van der Waals surface area contributed by atoms with Crippen LogP contribution in [0, 0.1) is 13.8 Å². The van der Waals surface area contributed by atoms with Crippen LogP contribution in [0.1, 0.15) is 153 Å². The van der Waals surface area contributed by atoms with Gasteiger partial charge in [-0.25, -0.2) is 0 Å². The number of anilines is 9. The average molecular weight is 994 g/mol. The van der Waals surface area contributed by atoms with Gasteiger partial charge < -0.3 is 14.7 Å². The molecule has 5 aliphatic rings. The van der Waals surface area contributed by atoms with E-state index in [2.05, 4.69) is 269 Å². The molecule has 3 nitrogen and oxygen atoms in total. The summed E-state index contributed by atoms with van der Waals surface area (Å²) in [4.78, 5) is 7.94. The van der Waals surface area contributed by atoms with Crippen LogP contribution in [0.25, 0.3) is 11.1 Å². The van der Waals surface area contributed by atoms with Crippen LogP contribution in [0.5, 0.6) is 0 Å². The van der Waals surface area contributed by atoms with Crippen molar-refractivity contribution in [1.29, 1.82) is 0 Å². The summed E-state index contributed by atoms with van der Waals surface area (Å²) in [7, 11) is 0. The molecule has 0 atom stereocenters. The van der Waals surface area contributed by atoms with Crippen molar-refractivity contribution in [2.24, 2.45) is 0 Å². The molecule has 4 heteroatoms. The minimum Gasteiger partial charge on any atom is -0.311 e. The zero-order valence-corrected chi connectivity index (χ0v) is 47.8. The Bertz CT molecular complexity index is 3650. The summed E-state index contributed by atoms with van der Waals surface area (Å²) in [6.45, 7) is 34.4. The lowest BCUT2D eigenvalue weighted by Gasteiger charge is -2.48. The third kappa shape index (κ3) is 7.21. The molecule has 382 valence electrons. The fourth-order valence-corrected chi connectivity index (χ4v) is 16.1. The minimum atomic E-state index is -0.0523. The van der Waals surface area contributed by atoms with E-state index < -0.39 is 0 Å². The van der Waals surface area contributed by atoms with E-state index in [1.807, 2.05) is 0 Å². The van der Waals surface area contributed by atoms with E-state index in [0.717, 1.165) is 42.7 Å². The van der Waals surface area contributed by atoms with Gasteiger partial charge in [-0.05, 0) is 205 Å². The highest BCUT2D eigenvalue weighted by atomic mass is 15.2. The molecule has 2 heterocycles. The smallest absolute Gasteiger partial charge is 0.252 e. The fourth-order valence-electron chi connectivity index (χ4n) is 16.1. The Morgan fingerprint density at radius 3 is 1.45 bits per heavy atom. The van der Waals surface area contributed by atoms with Crippen molar-refractivity contribution in [3.05, 3.63) is 202 Å². The van der Waals surface area contributed by atoms with Crippen LogP contribution < -0.4 is 31.1 Å². The number of rotatable bonds is 6. The number of para-hydroxylation sites is 2. The lowest BCUT2D eigenvalue weighted by atomic mass is 9.33. The molecule has 0 saturated heterocycles. The quantitative estimate of drug-likeness (QED) is 0.154. The molecular formula is C72H76BN3. The molecule has 2 aliphatic heterocycles. The SMILES string of the molecule is Cc1cc2c(cc1N1c3cc4c(cc3B3c5cc(-c6ccccc6)ccc5N(c5ccc6c(c5C)C(C)(C)CC6(C)C)c5cc(N(c6ccccc6)c6ccccc6)cc1c53)C(C)(C)CCC4(C)C)C(C)(C)CC2(C)C. The predicted octanol–water partition coefficient (Wildman–Crippen LogP) is 17.8. The van der Waals surface area contributed by atoms with Gasteiger partial charge in [0.15, 0.2) is 0 Å². The molecular weight excluding hydrogens is 918 g/mol. The van der Waals surface area contributed by atoms with Crippen molar-refractivity contribution >= 4 is 74.3 Å². The van der Waals surface area contributed by atoms with Gasteiger partial charge in [-0.3, -0.25) is 0 Å². The Labute approximate surface area is 455 Å². The Kier molecular flexibility index (Phi) is 10.5. The Hall–Kier alpha value is -6.78. The Balaban J connectivity index is 1.21. The van der Waals surface area contributed by atoms with E-state index in [4.69, 9.17) is 0 Å². The summed E-state index contributed by atoms with van der Waals surface area (Å²) in [5, 5.41) is 0. The number of fused-ring (bicyclic) bond motifs is 7. The predicted molar refractivity (Wildman–Crippen MR) is 327 cm³/mol. The molecule has 0 bridgehead atoms. The molecule has 0 N–H and O–H groups in total. The maximum Gasteiger partial charge on any atom is 0.252 e. The van der Waals surface area contributed by atoms with Gasteiger partial charge in [0.05, 0.1) is 5.69 Å². The molecule has 0 spiro atoms. The topological polar surface area (TPSA) is 9.72 Å². The van der Waals surface area contributed by atoms with Crippen LogP contribution in [0.3, 0.4) is 0 Å². The normalized spacial score (nSPS) is 19.0. The minimum absolute atomic E-state index is 0.00440. The van der Waals surface area contributed by atoms with E-state index in [1.165, 1.54) is 106 Å². The van der Waals surface area contributed by atoms with Crippen LogP contribution in [0.4, 0.5) is 51.2 Å². The second-order valence-corrected chi connectivity index (χ2v) is 27.6. The van der Waals surface area contributed by atoms with Crippen LogP contribution >= 0.6 is 0 Å². The van der Waals surface area contributed by atoms with Gasteiger partial charge in [0.25, 0.3) is 6.71 Å². The van der Waals surface area contributed by atoms with Gasteiger partial charge in [0.1, 0.15) is 0 Å². The van der Waals surface area contributed by atoms with Crippen LogP contribution in [0.15, 0.2) is 158 Å². The number of hydrogen-bond donors (Lipinski definition) is 0. The van der Waals surface area contributed by atoms with E-state index in [9.17, 15) is 0 Å². The van der Waals surface area contributed by atoms with Gasteiger partial charge in [0.2, 0.25) is 0 Å². The molecule has 0 unspecified atom stereocenters.